The van der Waals surface area contributed by atoms with Gasteiger partial charge in [-0.1, -0.05) is 0 Å². The summed E-state index contributed by atoms with van der Waals surface area (Å²) in [6.07, 6.45) is 7.79. The Morgan fingerprint density at radius 2 is 1.81 bits per heavy atom. The third-order valence-electron chi connectivity index (χ3n) is 7.74. The summed E-state index contributed by atoms with van der Waals surface area (Å²) in [7, 11) is -1.62. The molecule has 0 amide bonds. The van der Waals surface area contributed by atoms with Gasteiger partial charge in [-0.15, -0.1) is 0 Å². The van der Waals surface area contributed by atoms with Gasteiger partial charge in [-0.2, -0.15) is 9.05 Å². The lowest BCUT2D eigenvalue weighted by Crippen LogP contribution is -2.33. The summed E-state index contributed by atoms with van der Waals surface area (Å²) in [5.41, 5.74) is 2.33. The lowest BCUT2D eigenvalue weighted by Gasteiger charge is -2.15. The van der Waals surface area contributed by atoms with Crippen LogP contribution in [0.3, 0.4) is 0 Å². The van der Waals surface area contributed by atoms with Crippen LogP contribution in [0, 0.1) is 0 Å². The zero-order chi connectivity index (χ0) is 30.5. The second-order valence-corrected chi connectivity index (χ2v) is 11.5. The summed E-state index contributed by atoms with van der Waals surface area (Å²) in [6.45, 7) is 4.98. The van der Waals surface area contributed by atoms with Crippen LogP contribution in [0.4, 0.5) is 5.69 Å². The van der Waals surface area contributed by atoms with Gasteiger partial charge in [0.2, 0.25) is 22.5 Å². The first-order valence-corrected chi connectivity index (χ1v) is 15.1. The first-order valence-electron chi connectivity index (χ1n) is 13.6. The smallest absolute Gasteiger partial charge is 0.402 e. The van der Waals surface area contributed by atoms with Crippen molar-refractivity contribution in [1.29, 1.82) is 0 Å². The van der Waals surface area contributed by atoms with Crippen molar-refractivity contribution in [3.63, 3.8) is 0 Å². The standard InChI is InChI=1S/C30H30N3O9S/c1-5-31-21-12-10-19(38-3)16-24(21)40-26(31)8-7-9-28-33(18-29(33)43(35,36)37)23(30(34)42-28)14-15-27-32(6-2)22-13-11-20(39-4)17-25(22)41-27/h7-17,29H,5-6,18H2,1-4H3/q+1. The number of benzene rings is 2. The molecule has 13 heteroatoms. The van der Waals surface area contributed by atoms with E-state index < -0.39 is 25.9 Å². The zero-order valence-corrected chi connectivity index (χ0v) is 24.8. The minimum atomic E-state index is -4.75. The normalized spacial score (nSPS) is 24.0. The van der Waals surface area contributed by atoms with E-state index in [1.165, 1.54) is 12.2 Å². The number of allylic oxidation sites excluding steroid dienone is 4. The number of nitrogens with zero attached hydrogens (tertiary/aromatic N) is 3. The number of methoxy groups -OCH3 is 2. The molecule has 0 radical (unpaired) electrons. The predicted octanol–water partition coefficient (Wildman–Crippen LogP) is 3.51. The van der Waals surface area contributed by atoms with Gasteiger partial charge >= 0.3 is 17.7 Å². The summed E-state index contributed by atoms with van der Waals surface area (Å²) in [6, 6.07) is 10.9. The highest BCUT2D eigenvalue weighted by atomic mass is 32.2. The number of carbonyl (C=O) groups is 1. The van der Waals surface area contributed by atoms with Crippen molar-refractivity contribution in [2.75, 3.05) is 32.2 Å². The Morgan fingerprint density at radius 3 is 2.49 bits per heavy atom. The number of aromatic nitrogens is 1. The largest absolute Gasteiger partial charge is 0.743 e. The van der Waals surface area contributed by atoms with E-state index in [1.807, 2.05) is 47.6 Å². The maximum Gasteiger partial charge on any atom is 0.402 e. The average Bonchev–Trinajstić information content (AvgIpc) is 3.40. The van der Waals surface area contributed by atoms with Gasteiger partial charge in [0.1, 0.15) is 18.0 Å². The van der Waals surface area contributed by atoms with Gasteiger partial charge < -0.3 is 32.8 Å². The number of fused-ring (bicyclic) bond motifs is 2. The number of carbonyl (C=O) groups excluding carboxylic acids is 1. The van der Waals surface area contributed by atoms with Crippen LogP contribution in [0.2, 0.25) is 0 Å². The Kier molecular flexibility index (Phi) is 7.03. The lowest BCUT2D eigenvalue weighted by atomic mass is 10.2. The van der Waals surface area contributed by atoms with Crippen LogP contribution >= 0.6 is 0 Å². The van der Waals surface area contributed by atoms with Crippen LogP contribution in [-0.4, -0.2) is 56.1 Å². The number of hydrogen-bond acceptors (Lipinski definition) is 10. The summed E-state index contributed by atoms with van der Waals surface area (Å²) >= 11 is 0. The number of rotatable bonds is 8. The van der Waals surface area contributed by atoms with Crippen molar-refractivity contribution < 1.29 is 50.2 Å². The van der Waals surface area contributed by atoms with Crippen LogP contribution in [0.25, 0.3) is 17.2 Å². The number of anilines is 1. The maximum atomic E-state index is 13.1. The molecular formula is C30H30N3O9S+. The fraction of sp³-hybridized carbons (Fsp3) is 0.267. The molecule has 0 bridgehead atoms. The molecule has 2 fully saturated rings. The Morgan fingerprint density at radius 1 is 1.07 bits per heavy atom. The average molecular weight is 609 g/mol. The molecule has 4 heterocycles. The third kappa shape index (κ3) is 4.75. The lowest BCUT2D eigenvalue weighted by molar-refractivity contribution is -0.721. The van der Waals surface area contributed by atoms with Crippen molar-refractivity contribution in [3.8, 4) is 17.2 Å². The molecule has 2 atom stereocenters. The minimum absolute atomic E-state index is 0.0178. The SMILES string of the molecule is CCN1C(=CC=C2C(=O)OC(=CC=Cc3oc4cc(OC)ccc4[n+]3CC)[N+]23CC3S(=O)(=O)[O-])Oc2cc(OC)ccc21. The first-order chi connectivity index (χ1) is 20.6. The molecule has 12 nitrogen and oxygen atoms in total. The fourth-order valence-electron chi connectivity index (χ4n) is 5.56. The zero-order valence-electron chi connectivity index (χ0n) is 24.0. The van der Waals surface area contributed by atoms with Gasteiger partial charge in [-0.3, -0.25) is 0 Å². The first kappa shape index (κ1) is 28.5. The highest BCUT2D eigenvalue weighted by Crippen LogP contribution is 2.51. The van der Waals surface area contributed by atoms with E-state index in [0.29, 0.717) is 47.7 Å². The van der Waals surface area contributed by atoms with Crippen molar-refractivity contribution in [2.45, 2.75) is 25.8 Å². The maximum absolute atomic E-state index is 13.1. The molecule has 43 heavy (non-hydrogen) atoms. The number of ether oxygens (including phenoxy) is 4. The molecule has 0 N–H and O–H groups in total. The van der Waals surface area contributed by atoms with Crippen LogP contribution in [0.1, 0.15) is 19.7 Å². The van der Waals surface area contributed by atoms with E-state index in [2.05, 4.69) is 0 Å². The van der Waals surface area contributed by atoms with E-state index >= 15 is 0 Å². The van der Waals surface area contributed by atoms with Gasteiger partial charge in [-0.25, -0.2) is 13.2 Å². The Labute approximate surface area is 248 Å². The van der Waals surface area contributed by atoms with Crippen LogP contribution in [-0.2, 0) is 26.2 Å². The topological polar surface area (TPSA) is 131 Å². The summed E-state index contributed by atoms with van der Waals surface area (Å²) in [5.74, 6) is 2.09. The molecule has 2 saturated heterocycles. The van der Waals surface area contributed by atoms with Gasteiger partial charge in [-0.05, 0) is 38.1 Å². The van der Waals surface area contributed by atoms with E-state index in [9.17, 15) is 17.8 Å². The van der Waals surface area contributed by atoms with Crippen molar-refractivity contribution in [2.24, 2.45) is 0 Å². The molecule has 6 rings (SSSR count). The summed E-state index contributed by atoms with van der Waals surface area (Å²) in [5, 5.41) is -1.39. The number of quaternary nitrogens is 1. The Balaban J connectivity index is 1.34. The van der Waals surface area contributed by atoms with Gasteiger partial charge in [0.05, 0.1) is 26.0 Å². The van der Waals surface area contributed by atoms with Crippen LogP contribution in [0.15, 0.2) is 82.6 Å². The Bertz CT molecular complexity index is 1870. The molecule has 0 saturated carbocycles. The molecule has 224 valence electrons. The second kappa shape index (κ2) is 10.6. The predicted molar refractivity (Wildman–Crippen MR) is 153 cm³/mol. The molecule has 3 aromatic rings. The minimum Gasteiger partial charge on any atom is -0.743 e. The monoisotopic (exact) mass is 608 g/mol. The number of hydrogen-bond donors (Lipinski definition) is 0. The molecule has 3 aliphatic heterocycles. The highest BCUT2D eigenvalue weighted by Gasteiger charge is 2.72. The van der Waals surface area contributed by atoms with Crippen LogP contribution in [0.5, 0.6) is 17.2 Å². The summed E-state index contributed by atoms with van der Waals surface area (Å²) in [4.78, 5) is 15.0. The van der Waals surface area contributed by atoms with E-state index in [4.69, 9.17) is 23.4 Å². The fourth-order valence-corrected chi connectivity index (χ4v) is 6.64. The number of oxazole rings is 1. The molecule has 1 aromatic heterocycles. The van der Waals surface area contributed by atoms with E-state index in [1.54, 1.807) is 44.6 Å². The molecule has 1 spiro atoms. The number of cyclic esters (lactones) is 1. The van der Waals surface area contributed by atoms with Gasteiger partial charge in [0, 0.05) is 43.0 Å². The van der Waals surface area contributed by atoms with Crippen LogP contribution < -0.4 is 23.7 Å². The molecule has 0 aliphatic carbocycles. The molecule has 2 aromatic carbocycles. The molecule has 2 unspecified atom stereocenters. The van der Waals surface area contributed by atoms with Gasteiger partial charge in [0.25, 0.3) is 5.52 Å². The molecular weight excluding hydrogens is 578 g/mol. The van der Waals surface area contributed by atoms with Crippen molar-refractivity contribution in [1.82, 2.24) is 0 Å². The Hall–Kier alpha value is -4.59. The number of aryl methyl sites for hydroxylation is 1. The van der Waals surface area contributed by atoms with E-state index in [0.717, 1.165) is 11.2 Å². The van der Waals surface area contributed by atoms with Gasteiger partial charge in [0.15, 0.2) is 22.4 Å². The second-order valence-electron chi connectivity index (χ2n) is 10.0. The quantitative estimate of drug-likeness (QED) is 0.0935. The number of esters is 1. The van der Waals surface area contributed by atoms with E-state index in [-0.39, 0.29) is 18.1 Å². The molecule has 3 aliphatic rings. The third-order valence-corrected chi connectivity index (χ3v) is 8.91. The summed E-state index contributed by atoms with van der Waals surface area (Å²) < 4.78 is 66.0. The van der Waals surface area contributed by atoms with Crippen molar-refractivity contribution >= 4 is 39.0 Å². The van der Waals surface area contributed by atoms with Crippen molar-refractivity contribution in [3.05, 3.63) is 84.1 Å². The highest BCUT2D eigenvalue weighted by molar-refractivity contribution is 7.86.